The minimum atomic E-state index is 0.150. The molecule has 0 aliphatic heterocycles. The van der Waals surface area contributed by atoms with Crippen LogP contribution in [0.25, 0.3) is 11.6 Å². The molecule has 68 valence electrons. The highest BCUT2D eigenvalue weighted by atomic mass is 14.6. The molecule has 0 amide bonds. The van der Waals surface area contributed by atoms with Crippen LogP contribution in [0.5, 0.6) is 0 Å². The lowest BCUT2D eigenvalue weighted by molar-refractivity contribution is 0.669. The number of nitrogens with one attached hydrogen (secondary N) is 1. The van der Waals surface area contributed by atoms with E-state index >= 15 is 0 Å². The number of hydrogen-bond acceptors (Lipinski definition) is 0. The first-order valence-corrected chi connectivity index (χ1v) is 4.65. The van der Waals surface area contributed by atoms with Crippen LogP contribution in [0.3, 0.4) is 0 Å². The third kappa shape index (κ3) is 1.46. The maximum Gasteiger partial charge on any atom is 0.0424 e. The van der Waals surface area contributed by atoms with Crippen molar-refractivity contribution in [3.63, 3.8) is 0 Å². The lowest BCUT2D eigenvalue weighted by Crippen LogP contribution is -2.25. The maximum absolute atomic E-state index is 3.27. The van der Waals surface area contributed by atoms with Crippen molar-refractivity contribution in [2.24, 2.45) is 5.41 Å². The van der Waals surface area contributed by atoms with E-state index in [1.807, 2.05) is 6.20 Å². The van der Waals surface area contributed by atoms with Crippen LogP contribution in [0, 0.1) is 5.41 Å². The van der Waals surface area contributed by atoms with Crippen LogP contribution in [-0.2, 0) is 0 Å². The number of allylic oxidation sites excluding steroid dienone is 2. The average Bonchev–Trinajstić information content (AvgIpc) is 2.44. The Hall–Kier alpha value is -1.24. The number of aromatic amines is 1. The van der Waals surface area contributed by atoms with Crippen LogP contribution in [0.15, 0.2) is 24.4 Å². The molecule has 0 radical (unpaired) electrons. The third-order valence-electron chi connectivity index (χ3n) is 2.48. The van der Waals surface area contributed by atoms with Crippen molar-refractivity contribution in [1.29, 1.82) is 0 Å². The average molecular weight is 173 g/mol. The molecule has 0 aromatic carbocycles. The Labute approximate surface area is 78.5 Å². The molecule has 13 heavy (non-hydrogen) atoms. The predicted octanol–water partition coefficient (Wildman–Crippen LogP) is 1.56. The highest BCUT2D eigenvalue weighted by molar-refractivity contribution is 5.58. The SMILES string of the molecule is CC1=c2cc[nH]c2=CC(C)(C)C=C1. The van der Waals surface area contributed by atoms with Crippen LogP contribution in [0.4, 0.5) is 0 Å². The van der Waals surface area contributed by atoms with Gasteiger partial charge in [-0.25, -0.2) is 0 Å². The second-order valence-corrected chi connectivity index (χ2v) is 4.29. The van der Waals surface area contributed by atoms with Gasteiger partial charge in [0.05, 0.1) is 0 Å². The normalized spacial score (nSPS) is 19.2. The Morgan fingerprint density at radius 2 is 2.08 bits per heavy atom. The van der Waals surface area contributed by atoms with Gasteiger partial charge in [0, 0.05) is 22.2 Å². The first kappa shape index (κ1) is 8.36. The Balaban J connectivity index is 2.83. The Bertz CT molecular complexity index is 458. The van der Waals surface area contributed by atoms with Crippen molar-refractivity contribution < 1.29 is 0 Å². The first-order valence-electron chi connectivity index (χ1n) is 4.65. The molecule has 2 rings (SSSR count). The summed E-state index contributed by atoms with van der Waals surface area (Å²) >= 11 is 0. The van der Waals surface area contributed by atoms with E-state index < -0.39 is 0 Å². The molecule has 0 unspecified atom stereocenters. The summed E-state index contributed by atoms with van der Waals surface area (Å²) in [4.78, 5) is 3.27. The molecule has 0 saturated heterocycles. The quantitative estimate of drug-likeness (QED) is 0.613. The van der Waals surface area contributed by atoms with Crippen molar-refractivity contribution >= 4 is 11.6 Å². The van der Waals surface area contributed by atoms with Gasteiger partial charge in [0.15, 0.2) is 0 Å². The largest absolute Gasteiger partial charge is 0.361 e. The standard InChI is InChI=1S/C12H15N/c1-9-4-6-12(2,3)8-11-10(9)5-7-13-11/h4-8,13H,1-3H3. The molecule has 0 spiro atoms. The van der Waals surface area contributed by atoms with Gasteiger partial charge in [-0.2, -0.15) is 0 Å². The van der Waals surface area contributed by atoms with Crippen LogP contribution in [-0.4, -0.2) is 4.98 Å². The van der Waals surface area contributed by atoms with E-state index in [2.05, 4.69) is 50.0 Å². The van der Waals surface area contributed by atoms with Gasteiger partial charge in [0.2, 0.25) is 0 Å². The first-order chi connectivity index (χ1) is 6.08. The molecule has 0 bridgehead atoms. The summed E-state index contributed by atoms with van der Waals surface area (Å²) in [6.07, 6.45) is 8.72. The van der Waals surface area contributed by atoms with E-state index in [9.17, 15) is 0 Å². The molecule has 0 saturated carbocycles. The van der Waals surface area contributed by atoms with E-state index in [0.29, 0.717) is 0 Å². The molecule has 1 heteroatoms. The Kier molecular flexibility index (Phi) is 1.69. The highest BCUT2D eigenvalue weighted by Gasteiger charge is 2.11. The molecule has 1 N–H and O–H groups in total. The Morgan fingerprint density at radius 1 is 1.31 bits per heavy atom. The van der Waals surface area contributed by atoms with Crippen molar-refractivity contribution in [1.82, 2.24) is 4.98 Å². The van der Waals surface area contributed by atoms with Gasteiger partial charge in [0.25, 0.3) is 0 Å². The van der Waals surface area contributed by atoms with Gasteiger partial charge >= 0.3 is 0 Å². The van der Waals surface area contributed by atoms with Crippen molar-refractivity contribution in [3.8, 4) is 0 Å². The fraction of sp³-hybridized carbons (Fsp3) is 0.333. The van der Waals surface area contributed by atoms with E-state index in [0.717, 1.165) is 0 Å². The van der Waals surface area contributed by atoms with Crippen LogP contribution in [0.2, 0.25) is 0 Å². The summed E-state index contributed by atoms with van der Waals surface area (Å²) in [5.74, 6) is 0. The van der Waals surface area contributed by atoms with Crippen molar-refractivity contribution in [2.45, 2.75) is 20.8 Å². The molecule has 1 aromatic heterocycles. The fourth-order valence-corrected chi connectivity index (χ4v) is 1.70. The summed E-state index contributed by atoms with van der Waals surface area (Å²) in [5, 5.41) is 2.56. The van der Waals surface area contributed by atoms with E-state index in [4.69, 9.17) is 0 Å². The summed E-state index contributed by atoms with van der Waals surface area (Å²) in [6.45, 7) is 6.58. The number of aromatic nitrogens is 1. The summed E-state index contributed by atoms with van der Waals surface area (Å²) in [6, 6.07) is 2.13. The fourth-order valence-electron chi connectivity index (χ4n) is 1.70. The van der Waals surface area contributed by atoms with Gasteiger partial charge in [-0.1, -0.05) is 32.1 Å². The smallest absolute Gasteiger partial charge is 0.0424 e. The number of rotatable bonds is 0. The minimum Gasteiger partial charge on any atom is -0.361 e. The molecule has 1 aliphatic rings. The lowest BCUT2D eigenvalue weighted by Gasteiger charge is -2.12. The van der Waals surface area contributed by atoms with E-state index in [-0.39, 0.29) is 5.41 Å². The number of fused-ring (bicyclic) bond motifs is 1. The topological polar surface area (TPSA) is 15.8 Å². The maximum atomic E-state index is 3.27. The van der Waals surface area contributed by atoms with E-state index in [1.165, 1.54) is 16.1 Å². The zero-order valence-electron chi connectivity index (χ0n) is 8.39. The zero-order valence-corrected chi connectivity index (χ0v) is 8.39. The van der Waals surface area contributed by atoms with Crippen LogP contribution < -0.4 is 10.6 Å². The number of H-pyrrole nitrogens is 1. The Morgan fingerprint density at radius 3 is 2.85 bits per heavy atom. The van der Waals surface area contributed by atoms with Crippen molar-refractivity contribution in [3.05, 3.63) is 35.0 Å². The monoisotopic (exact) mass is 173 g/mol. The minimum absolute atomic E-state index is 0.150. The summed E-state index contributed by atoms with van der Waals surface area (Å²) in [7, 11) is 0. The molecule has 1 nitrogen and oxygen atoms in total. The molecule has 0 fully saturated rings. The van der Waals surface area contributed by atoms with Gasteiger partial charge in [-0.05, 0) is 18.6 Å². The zero-order chi connectivity index (χ0) is 9.47. The van der Waals surface area contributed by atoms with E-state index in [1.54, 1.807) is 0 Å². The highest BCUT2D eigenvalue weighted by Crippen LogP contribution is 2.20. The van der Waals surface area contributed by atoms with Gasteiger partial charge in [-0.3, -0.25) is 0 Å². The summed E-state index contributed by atoms with van der Waals surface area (Å²) < 4.78 is 0. The van der Waals surface area contributed by atoms with Crippen LogP contribution >= 0.6 is 0 Å². The molecule has 1 aliphatic carbocycles. The second kappa shape index (κ2) is 2.63. The molecular formula is C12H15N. The second-order valence-electron chi connectivity index (χ2n) is 4.29. The molecule has 1 heterocycles. The molecule has 0 atom stereocenters. The number of hydrogen-bond donors (Lipinski definition) is 1. The summed E-state index contributed by atoms with van der Waals surface area (Å²) in [5.41, 5.74) is 1.48. The lowest BCUT2D eigenvalue weighted by atomic mass is 9.93. The van der Waals surface area contributed by atoms with Gasteiger partial charge in [-0.15, -0.1) is 0 Å². The van der Waals surface area contributed by atoms with Crippen molar-refractivity contribution in [2.75, 3.05) is 0 Å². The molecular weight excluding hydrogens is 158 g/mol. The predicted molar refractivity (Wildman–Crippen MR) is 56.5 cm³/mol. The molecule has 1 aromatic rings. The van der Waals surface area contributed by atoms with Crippen LogP contribution in [0.1, 0.15) is 20.8 Å². The van der Waals surface area contributed by atoms with Gasteiger partial charge < -0.3 is 4.98 Å². The third-order valence-corrected chi connectivity index (χ3v) is 2.48. The van der Waals surface area contributed by atoms with Gasteiger partial charge in [0.1, 0.15) is 0 Å².